The maximum absolute atomic E-state index is 5.80. The zero-order chi connectivity index (χ0) is 9.42. The predicted octanol–water partition coefficient (Wildman–Crippen LogP) is 1.18. The zero-order valence-corrected chi connectivity index (χ0v) is 7.78. The third-order valence-electron chi connectivity index (χ3n) is 1.96. The minimum atomic E-state index is 0.687. The Morgan fingerprint density at radius 3 is 3.00 bits per heavy atom. The van der Waals surface area contributed by atoms with Crippen LogP contribution >= 0.6 is 0 Å². The second kappa shape index (κ2) is 2.73. The van der Waals surface area contributed by atoms with Crippen molar-refractivity contribution < 1.29 is 0 Å². The predicted molar refractivity (Wildman–Crippen MR) is 51.5 cm³/mol. The Labute approximate surface area is 76.4 Å². The fourth-order valence-corrected chi connectivity index (χ4v) is 1.34. The molecule has 0 aliphatic carbocycles. The van der Waals surface area contributed by atoms with Crippen LogP contribution in [0.3, 0.4) is 0 Å². The van der Waals surface area contributed by atoms with Crippen molar-refractivity contribution in [2.45, 2.75) is 20.3 Å². The highest BCUT2D eigenvalue weighted by Gasteiger charge is 2.04. The van der Waals surface area contributed by atoms with E-state index < -0.39 is 0 Å². The summed E-state index contributed by atoms with van der Waals surface area (Å²) >= 11 is 0. The summed E-state index contributed by atoms with van der Waals surface area (Å²) in [5.41, 5.74) is 8.34. The van der Waals surface area contributed by atoms with Crippen molar-refractivity contribution in [2.24, 2.45) is 0 Å². The molecular weight excluding hydrogens is 164 g/mol. The SMILES string of the molecule is CCc1nc2c(N)cc(C)cn2n1. The quantitative estimate of drug-likeness (QED) is 0.709. The Hall–Kier alpha value is -1.58. The lowest BCUT2D eigenvalue weighted by Gasteiger charge is -1.97. The number of anilines is 1. The topological polar surface area (TPSA) is 56.2 Å². The molecule has 0 aliphatic rings. The Bertz CT molecular complexity index is 444. The summed E-state index contributed by atoms with van der Waals surface area (Å²) in [4.78, 5) is 4.30. The zero-order valence-electron chi connectivity index (χ0n) is 7.78. The number of nitrogens with two attached hydrogens (primary N) is 1. The highest BCUT2D eigenvalue weighted by Crippen LogP contribution is 2.13. The summed E-state index contributed by atoms with van der Waals surface area (Å²) in [5.74, 6) is 0.831. The van der Waals surface area contributed by atoms with E-state index in [4.69, 9.17) is 5.73 Å². The molecule has 2 rings (SSSR count). The lowest BCUT2D eigenvalue weighted by molar-refractivity contribution is 0.882. The van der Waals surface area contributed by atoms with Crippen LogP contribution in [0.25, 0.3) is 5.65 Å². The van der Waals surface area contributed by atoms with Crippen LogP contribution in [0.4, 0.5) is 5.69 Å². The number of nitrogen functional groups attached to an aromatic ring is 1. The average Bonchev–Trinajstić information content (AvgIpc) is 2.47. The lowest BCUT2D eigenvalue weighted by Crippen LogP contribution is -1.94. The standard InChI is InChI=1S/C9H12N4/c1-3-8-11-9-7(10)4-6(2)5-13(9)12-8/h4-5H,3,10H2,1-2H3. The summed E-state index contributed by atoms with van der Waals surface area (Å²) in [5, 5.41) is 4.28. The van der Waals surface area contributed by atoms with Gasteiger partial charge in [-0.3, -0.25) is 0 Å². The molecule has 0 aromatic carbocycles. The Morgan fingerprint density at radius 2 is 2.31 bits per heavy atom. The van der Waals surface area contributed by atoms with Crippen LogP contribution in [-0.4, -0.2) is 14.6 Å². The van der Waals surface area contributed by atoms with Crippen molar-refractivity contribution in [2.75, 3.05) is 5.73 Å². The first-order valence-electron chi connectivity index (χ1n) is 4.32. The van der Waals surface area contributed by atoms with Crippen LogP contribution < -0.4 is 5.73 Å². The molecule has 0 atom stereocenters. The smallest absolute Gasteiger partial charge is 0.178 e. The van der Waals surface area contributed by atoms with Gasteiger partial charge < -0.3 is 5.73 Å². The van der Waals surface area contributed by atoms with Crippen molar-refractivity contribution in [3.05, 3.63) is 23.7 Å². The van der Waals surface area contributed by atoms with Gasteiger partial charge in [-0.2, -0.15) is 5.10 Å². The largest absolute Gasteiger partial charge is 0.396 e. The molecule has 2 N–H and O–H groups in total. The first kappa shape index (κ1) is 8.04. The van der Waals surface area contributed by atoms with E-state index in [2.05, 4.69) is 10.1 Å². The normalized spacial score (nSPS) is 10.9. The van der Waals surface area contributed by atoms with Crippen LogP contribution in [0.1, 0.15) is 18.3 Å². The maximum Gasteiger partial charge on any atom is 0.178 e. The van der Waals surface area contributed by atoms with Crippen LogP contribution in [-0.2, 0) is 6.42 Å². The molecule has 0 amide bonds. The van der Waals surface area contributed by atoms with Crippen molar-refractivity contribution >= 4 is 11.3 Å². The van der Waals surface area contributed by atoms with Gasteiger partial charge in [-0.15, -0.1) is 0 Å². The summed E-state index contributed by atoms with van der Waals surface area (Å²) in [6, 6.07) is 1.91. The average molecular weight is 176 g/mol. The monoisotopic (exact) mass is 176 g/mol. The maximum atomic E-state index is 5.80. The Balaban J connectivity index is 2.75. The Kier molecular flexibility index (Phi) is 1.69. The van der Waals surface area contributed by atoms with Gasteiger partial charge in [0.25, 0.3) is 0 Å². The molecule has 0 unspecified atom stereocenters. The third-order valence-corrected chi connectivity index (χ3v) is 1.96. The van der Waals surface area contributed by atoms with Gasteiger partial charge in [-0.25, -0.2) is 9.50 Å². The second-order valence-corrected chi connectivity index (χ2v) is 3.12. The van der Waals surface area contributed by atoms with E-state index in [9.17, 15) is 0 Å². The molecule has 0 saturated carbocycles. The molecule has 0 radical (unpaired) electrons. The number of aromatic nitrogens is 3. The second-order valence-electron chi connectivity index (χ2n) is 3.12. The van der Waals surface area contributed by atoms with E-state index in [1.165, 1.54) is 0 Å². The van der Waals surface area contributed by atoms with Crippen LogP contribution in [0, 0.1) is 6.92 Å². The van der Waals surface area contributed by atoms with Gasteiger partial charge in [0.05, 0.1) is 5.69 Å². The number of nitrogens with zero attached hydrogens (tertiary/aromatic N) is 3. The fourth-order valence-electron chi connectivity index (χ4n) is 1.34. The molecule has 68 valence electrons. The number of fused-ring (bicyclic) bond motifs is 1. The van der Waals surface area contributed by atoms with Gasteiger partial charge in [0.1, 0.15) is 0 Å². The highest BCUT2D eigenvalue weighted by atomic mass is 15.3. The van der Waals surface area contributed by atoms with E-state index in [0.717, 1.165) is 23.5 Å². The van der Waals surface area contributed by atoms with Crippen LogP contribution in [0.5, 0.6) is 0 Å². The van der Waals surface area contributed by atoms with E-state index in [-0.39, 0.29) is 0 Å². The fraction of sp³-hybridized carbons (Fsp3) is 0.333. The molecule has 4 nitrogen and oxygen atoms in total. The molecule has 2 aromatic heterocycles. The first-order chi connectivity index (χ1) is 6.20. The van der Waals surface area contributed by atoms with Gasteiger partial charge >= 0.3 is 0 Å². The van der Waals surface area contributed by atoms with Crippen molar-refractivity contribution in [3.63, 3.8) is 0 Å². The molecule has 0 spiro atoms. The minimum absolute atomic E-state index is 0.687. The Morgan fingerprint density at radius 1 is 1.54 bits per heavy atom. The molecule has 13 heavy (non-hydrogen) atoms. The molecule has 2 heterocycles. The van der Waals surface area contributed by atoms with E-state index in [1.807, 2.05) is 26.1 Å². The minimum Gasteiger partial charge on any atom is -0.396 e. The molecule has 0 fully saturated rings. The molecule has 0 saturated heterocycles. The number of aryl methyl sites for hydroxylation is 2. The van der Waals surface area contributed by atoms with Gasteiger partial charge in [0, 0.05) is 12.6 Å². The highest BCUT2D eigenvalue weighted by molar-refractivity contribution is 5.64. The summed E-state index contributed by atoms with van der Waals surface area (Å²) in [6.45, 7) is 4.01. The van der Waals surface area contributed by atoms with Gasteiger partial charge in [0.15, 0.2) is 11.5 Å². The van der Waals surface area contributed by atoms with Crippen LogP contribution in [0.15, 0.2) is 12.3 Å². The molecule has 4 heteroatoms. The number of rotatable bonds is 1. The van der Waals surface area contributed by atoms with E-state index in [1.54, 1.807) is 4.52 Å². The first-order valence-corrected chi connectivity index (χ1v) is 4.32. The summed E-state index contributed by atoms with van der Waals surface area (Å²) < 4.78 is 1.74. The van der Waals surface area contributed by atoms with Crippen molar-refractivity contribution in [1.29, 1.82) is 0 Å². The number of pyridine rings is 1. The van der Waals surface area contributed by atoms with Gasteiger partial charge in [-0.05, 0) is 18.6 Å². The van der Waals surface area contributed by atoms with Gasteiger partial charge in [0.2, 0.25) is 0 Å². The van der Waals surface area contributed by atoms with Crippen molar-refractivity contribution in [1.82, 2.24) is 14.6 Å². The molecule has 0 bridgehead atoms. The van der Waals surface area contributed by atoms with Gasteiger partial charge in [-0.1, -0.05) is 6.92 Å². The number of hydrogen-bond acceptors (Lipinski definition) is 3. The lowest BCUT2D eigenvalue weighted by atomic mass is 10.3. The van der Waals surface area contributed by atoms with E-state index in [0.29, 0.717) is 5.69 Å². The number of hydrogen-bond donors (Lipinski definition) is 1. The van der Waals surface area contributed by atoms with Crippen LogP contribution in [0.2, 0.25) is 0 Å². The third kappa shape index (κ3) is 1.24. The molecule has 2 aromatic rings. The van der Waals surface area contributed by atoms with Crippen molar-refractivity contribution in [3.8, 4) is 0 Å². The van der Waals surface area contributed by atoms with E-state index >= 15 is 0 Å². The summed E-state index contributed by atoms with van der Waals surface area (Å²) in [7, 11) is 0. The molecular formula is C9H12N4. The summed E-state index contributed by atoms with van der Waals surface area (Å²) in [6.07, 6.45) is 2.76. The molecule has 0 aliphatic heterocycles.